The van der Waals surface area contributed by atoms with E-state index in [0.29, 0.717) is 12.2 Å². The van der Waals surface area contributed by atoms with Crippen molar-refractivity contribution in [2.24, 2.45) is 0 Å². The number of hydrogen-bond donors (Lipinski definition) is 2. The average Bonchev–Trinajstić information content (AvgIpc) is 2.40. The van der Waals surface area contributed by atoms with Gasteiger partial charge in [0.15, 0.2) is 0 Å². The number of benzene rings is 1. The summed E-state index contributed by atoms with van der Waals surface area (Å²) >= 11 is 0. The highest BCUT2D eigenvalue weighted by Crippen LogP contribution is 2.07. The number of nitrogens with one attached hydrogen (secondary N) is 2. The second-order valence-electron chi connectivity index (χ2n) is 5.07. The lowest BCUT2D eigenvalue weighted by atomic mass is 10.1. The highest BCUT2D eigenvalue weighted by Gasteiger charge is 2.14. The number of aromatic nitrogens is 3. The van der Waals surface area contributed by atoms with Crippen LogP contribution in [-0.4, -0.2) is 21.1 Å². The number of nitrogens with zero attached hydrogens (tertiary/aromatic N) is 2. The maximum atomic E-state index is 12.0. The number of H-pyrrole nitrogens is 1. The Kier molecular flexibility index (Phi) is 4.47. The molecule has 1 atom stereocenters. The zero-order chi connectivity index (χ0) is 15.4. The summed E-state index contributed by atoms with van der Waals surface area (Å²) < 4.78 is 0. The quantitative estimate of drug-likeness (QED) is 0.885. The molecule has 0 bridgehead atoms. The highest BCUT2D eigenvalue weighted by molar-refractivity contribution is 5.73. The molecule has 2 rings (SSSR count). The first-order valence-electron chi connectivity index (χ1n) is 6.74. The van der Waals surface area contributed by atoms with Crippen LogP contribution in [0.1, 0.15) is 42.5 Å². The standard InChI is InChI=1S/C15H18N4O2/c1-9-4-6-12(7-5-9)8-13-17-15(21)14(19-18-13)10(2)16-11(3)20/h4-7,10H,8H2,1-3H3,(H,16,20)(H,17,18,21). The third kappa shape index (κ3) is 3.98. The number of hydrogen-bond acceptors (Lipinski definition) is 4. The number of aryl methyl sites for hydroxylation is 1. The lowest BCUT2D eigenvalue weighted by molar-refractivity contribution is -0.119. The summed E-state index contributed by atoms with van der Waals surface area (Å²) in [6.45, 7) is 5.11. The van der Waals surface area contributed by atoms with Gasteiger partial charge in [-0.05, 0) is 19.4 Å². The zero-order valence-electron chi connectivity index (χ0n) is 12.3. The maximum absolute atomic E-state index is 12.0. The van der Waals surface area contributed by atoms with Crippen molar-refractivity contribution in [1.29, 1.82) is 0 Å². The van der Waals surface area contributed by atoms with E-state index >= 15 is 0 Å². The van der Waals surface area contributed by atoms with Crippen molar-refractivity contribution >= 4 is 5.91 Å². The molecule has 6 nitrogen and oxygen atoms in total. The summed E-state index contributed by atoms with van der Waals surface area (Å²) in [5.41, 5.74) is 2.11. The van der Waals surface area contributed by atoms with Gasteiger partial charge < -0.3 is 10.3 Å². The molecule has 0 spiro atoms. The Morgan fingerprint density at radius 1 is 1.29 bits per heavy atom. The summed E-state index contributed by atoms with van der Waals surface area (Å²) in [6, 6.07) is 7.53. The van der Waals surface area contributed by atoms with Crippen molar-refractivity contribution < 1.29 is 4.79 Å². The zero-order valence-corrected chi connectivity index (χ0v) is 12.3. The Balaban J connectivity index is 2.17. The van der Waals surface area contributed by atoms with Crippen LogP contribution in [0.4, 0.5) is 0 Å². The third-order valence-electron chi connectivity index (χ3n) is 3.09. The molecule has 1 heterocycles. The molecule has 0 radical (unpaired) electrons. The van der Waals surface area contributed by atoms with Gasteiger partial charge in [0.2, 0.25) is 5.91 Å². The Bertz CT molecular complexity index is 692. The third-order valence-corrected chi connectivity index (χ3v) is 3.09. The molecule has 21 heavy (non-hydrogen) atoms. The SMILES string of the molecule is CC(=O)NC(C)c1nnc(Cc2ccc(C)cc2)[nH]c1=O. The first kappa shape index (κ1) is 14.9. The van der Waals surface area contributed by atoms with Crippen molar-refractivity contribution in [2.75, 3.05) is 0 Å². The van der Waals surface area contributed by atoms with Gasteiger partial charge in [0.05, 0.1) is 6.04 Å². The minimum absolute atomic E-state index is 0.206. The van der Waals surface area contributed by atoms with E-state index in [1.165, 1.54) is 12.5 Å². The summed E-state index contributed by atoms with van der Waals surface area (Å²) in [5, 5.41) is 10.6. The summed E-state index contributed by atoms with van der Waals surface area (Å²) in [4.78, 5) is 25.7. The topological polar surface area (TPSA) is 87.7 Å². The first-order valence-corrected chi connectivity index (χ1v) is 6.74. The summed E-state index contributed by atoms with van der Waals surface area (Å²) in [6.07, 6.45) is 0.511. The van der Waals surface area contributed by atoms with E-state index in [1.54, 1.807) is 6.92 Å². The van der Waals surface area contributed by atoms with E-state index in [-0.39, 0.29) is 17.2 Å². The monoisotopic (exact) mass is 286 g/mol. The van der Waals surface area contributed by atoms with E-state index in [4.69, 9.17) is 0 Å². The fraction of sp³-hybridized carbons (Fsp3) is 0.333. The lowest BCUT2D eigenvalue weighted by Gasteiger charge is -2.10. The number of rotatable bonds is 4. The molecule has 110 valence electrons. The molecule has 0 saturated carbocycles. The van der Waals surface area contributed by atoms with Crippen LogP contribution in [0.15, 0.2) is 29.1 Å². The van der Waals surface area contributed by atoms with Gasteiger partial charge in [0.1, 0.15) is 11.5 Å². The van der Waals surface area contributed by atoms with Crippen LogP contribution in [0.3, 0.4) is 0 Å². The Labute approximate surface area is 122 Å². The van der Waals surface area contributed by atoms with Crippen LogP contribution in [0.25, 0.3) is 0 Å². The van der Waals surface area contributed by atoms with Crippen LogP contribution in [0, 0.1) is 6.92 Å². The van der Waals surface area contributed by atoms with Crippen LogP contribution in [0.5, 0.6) is 0 Å². The van der Waals surface area contributed by atoms with Gasteiger partial charge in [0, 0.05) is 13.3 Å². The largest absolute Gasteiger partial charge is 0.348 e. The molecular formula is C15H18N4O2. The van der Waals surface area contributed by atoms with Crippen molar-refractivity contribution in [2.45, 2.75) is 33.2 Å². The molecule has 1 unspecified atom stereocenters. The minimum Gasteiger partial charge on any atom is -0.348 e. The van der Waals surface area contributed by atoms with Crippen molar-refractivity contribution in [3.8, 4) is 0 Å². The van der Waals surface area contributed by atoms with E-state index in [9.17, 15) is 9.59 Å². The van der Waals surface area contributed by atoms with Crippen molar-refractivity contribution in [3.63, 3.8) is 0 Å². The summed E-state index contributed by atoms with van der Waals surface area (Å²) in [5.74, 6) is 0.287. The maximum Gasteiger partial charge on any atom is 0.275 e. The molecule has 1 aromatic carbocycles. The Morgan fingerprint density at radius 2 is 1.95 bits per heavy atom. The first-order chi connectivity index (χ1) is 9.95. The molecular weight excluding hydrogens is 268 g/mol. The van der Waals surface area contributed by atoms with Gasteiger partial charge in [-0.15, -0.1) is 10.2 Å². The number of aromatic amines is 1. The van der Waals surface area contributed by atoms with E-state index in [1.807, 2.05) is 31.2 Å². The average molecular weight is 286 g/mol. The van der Waals surface area contributed by atoms with Gasteiger partial charge >= 0.3 is 0 Å². The van der Waals surface area contributed by atoms with Crippen LogP contribution >= 0.6 is 0 Å². The number of carbonyl (C=O) groups is 1. The fourth-order valence-electron chi connectivity index (χ4n) is 2.02. The molecule has 1 amide bonds. The number of amides is 1. The van der Waals surface area contributed by atoms with Gasteiger partial charge in [0.25, 0.3) is 5.56 Å². The van der Waals surface area contributed by atoms with Gasteiger partial charge in [-0.1, -0.05) is 29.8 Å². The normalized spacial score (nSPS) is 12.0. The van der Waals surface area contributed by atoms with Gasteiger partial charge in [-0.25, -0.2) is 0 Å². The molecule has 2 N–H and O–H groups in total. The smallest absolute Gasteiger partial charge is 0.275 e. The van der Waals surface area contributed by atoms with Crippen LogP contribution in [-0.2, 0) is 11.2 Å². The fourth-order valence-corrected chi connectivity index (χ4v) is 2.02. The van der Waals surface area contributed by atoms with E-state index in [2.05, 4.69) is 20.5 Å². The second kappa shape index (κ2) is 6.30. The predicted molar refractivity (Wildman–Crippen MR) is 78.9 cm³/mol. The van der Waals surface area contributed by atoms with Crippen molar-refractivity contribution in [1.82, 2.24) is 20.5 Å². The molecule has 0 fully saturated rings. The van der Waals surface area contributed by atoms with E-state index < -0.39 is 6.04 Å². The molecule has 0 saturated heterocycles. The highest BCUT2D eigenvalue weighted by atomic mass is 16.1. The molecule has 1 aromatic heterocycles. The van der Waals surface area contributed by atoms with Crippen LogP contribution < -0.4 is 10.9 Å². The van der Waals surface area contributed by atoms with Gasteiger partial charge in [-0.2, -0.15) is 0 Å². The number of carbonyl (C=O) groups excluding carboxylic acids is 1. The van der Waals surface area contributed by atoms with Crippen molar-refractivity contribution in [3.05, 3.63) is 57.3 Å². The van der Waals surface area contributed by atoms with Crippen LogP contribution in [0.2, 0.25) is 0 Å². The minimum atomic E-state index is -0.466. The second-order valence-corrected chi connectivity index (χ2v) is 5.07. The molecule has 0 aliphatic carbocycles. The van der Waals surface area contributed by atoms with Gasteiger partial charge in [-0.3, -0.25) is 9.59 Å². The Morgan fingerprint density at radius 3 is 2.52 bits per heavy atom. The lowest BCUT2D eigenvalue weighted by Crippen LogP contribution is -2.31. The Hall–Kier alpha value is -2.50. The predicted octanol–water partition coefficient (Wildman–Crippen LogP) is 1.26. The molecule has 0 aliphatic rings. The molecule has 6 heteroatoms. The molecule has 0 aliphatic heterocycles. The molecule has 2 aromatic rings. The summed E-state index contributed by atoms with van der Waals surface area (Å²) in [7, 11) is 0. The van der Waals surface area contributed by atoms with E-state index in [0.717, 1.165) is 5.56 Å².